The molecule has 1 aromatic heterocycles. The number of aromatic nitrogens is 2. The number of hydrogen-bond donors (Lipinski definition) is 1. The number of methoxy groups -OCH3 is 1. The Bertz CT molecular complexity index is 1050. The minimum atomic E-state index is 0.184. The summed E-state index contributed by atoms with van der Waals surface area (Å²) in [5.74, 6) is 1.85. The van der Waals surface area contributed by atoms with E-state index in [1.165, 1.54) is 42.4 Å². The first-order valence-corrected chi connectivity index (χ1v) is 10.6. The predicted octanol–water partition coefficient (Wildman–Crippen LogP) is 5.85. The van der Waals surface area contributed by atoms with E-state index in [9.17, 15) is 5.11 Å². The lowest BCUT2D eigenvalue weighted by atomic mass is 9.69. The van der Waals surface area contributed by atoms with E-state index in [1.54, 1.807) is 18.7 Å². The van der Waals surface area contributed by atoms with E-state index in [1.807, 2.05) is 24.3 Å². The Morgan fingerprint density at radius 1 is 1.10 bits per heavy atom. The van der Waals surface area contributed by atoms with Crippen molar-refractivity contribution in [3.63, 3.8) is 0 Å². The summed E-state index contributed by atoms with van der Waals surface area (Å²) in [6, 6.07) is 9.19. The zero-order chi connectivity index (χ0) is 19.8. The highest BCUT2D eigenvalue weighted by Crippen LogP contribution is 2.49. The van der Waals surface area contributed by atoms with Gasteiger partial charge in [0.2, 0.25) is 5.88 Å². The number of phenolic OH excluding ortho intramolecular Hbond substituents is 1. The molecule has 3 aliphatic rings. The summed E-state index contributed by atoms with van der Waals surface area (Å²) in [5.41, 5.74) is 7.37. The lowest BCUT2D eigenvalue weighted by Gasteiger charge is -2.36. The molecule has 1 aromatic carbocycles. The number of nitrogens with zero attached hydrogens (tertiary/aromatic N) is 2. The third-order valence-corrected chi connectivity index (χ3v) is 6.41. The van der Waals surface area contributed by atoms with E-state index in [0.717, 1.165) is 25.0 Å². The predicted molar refractivity (Wildman–Crippen MR) is 115 cm³/mol. The Morgan fingerprint density at radius 3 is 2.86 bits per heavy atom. The van der Waals surface area contributed by atoms with Crippen LogP contribution in [0.1, 0.15) is 50.6 Å². The molecule has 0 spiro atoms. The van der Waals surface area contributed by atoms with Gasteiger partial charge in [-0.25, -0.2) is 4.98 Å². The second kappa shape index (κ2) is 7.51. The van der Waals surface area contributed by atoms with Gasteiger partial charge < -0.3 is 9.84 Å². The third kappa shape index (κ3) is 3.27. The summed E-state index contributed by atoms with van der Waals surface area (Å²) in [6.45, 7) is 0. The fourth-order valence-electron chi connectivity index (χ4n) is 5.05. The minimum Gasteiger partial charge on any atom is -0.507 e. The average Bonchev–Trinajstić information content (AvgIpc) is 2.77. The number of ether oxygens (including phenoxy) is 1. The Hall–Kier alpha value is -2.88. The van der Waals surface area contributed by atoms with Gasteiger partial charge in [-0.05, 0) is 67.7 Å². The second-order valence-corrected chi connectivity index (χ2v) is 8.13. The maximum Gasteiger partial charge on any atom is 0.217 e. The molecular weight excluding hydrogens is 360 g/mol. The van der Waals surface area contributed by atoms with Gasteiger partial charge in [0.15, 0.2) is 5.82 Å². The van der Waals surface area contributed by atoms with Gasteiger partial charge in [-0.15, -0.1) is 0 Å². The van der Waals surface area contributed by atoms with Crippen molar-refractivity contribution in [2.24, 2.45) is 5.92 Å². The maximum atomic E-state index is 10.4. The number of hydrogen-bond acceptors (Lipinski definition) is 4. The van der Waals surface area contributed by atoms with Crippen molar-refractivity contribution < 1.29 is 9.84 Å². The normalized spacial score (nSPS) is 21.1. The van der Waals surface area contributed by atoms with Gasteiger partial charge in [-0.3, -0.25) is 0 Å². The lowest BCUT2D eigenvalue weighted by molar-refractivity contribution is 0.397. The molecule has 1 N–H and O–H groups in total. The van der Waals surface area contributed by atoms with Crippen LogP contribution in [0.5, 0.6) is 11.6 Å². The summed E-state index contributed by atoms with van der Waals surface area (Å²) in [6.07, 6.45) is 12.9. The molecule has 2 aromatic rings. The summed E-state index contributed by atoms with van der Waals surface area (Å²) in [5, 5.41) is 10.4. The largest absolute Gasteiger partial charge is 0.507 e. The van der Waals surface area contributed by atoms with Crippen molar-refractivity contribution in [1.29, 1.82) is 0 Å². The molecule has 5 rings (SSSR count). The molecule has 4 heteroatoms. The zero-order valence-electron chi connectivity index (χ0n) is 16.8. The molecule has 0 amide bonds. The number of fused-ring (bicyclic) bond motifs is 1. The highest BCUT2D eigenvalue weighted by Gasteiger charge is 2.32. The lowest BCUT2D eigenvalue weighted by Crippen LogP contribution is -2.20. The Kier molecular flexibility index (Phi) is 4.70. The van der Waals surface area contributed by atoms with Crippen LogP contribution in [0.25, 0.3) is 17.0 Å². The molecule has 1 fully saturated rings. The van der Waals surface area contributed by atoms with Crippen LogP contribution >= 0.6 is 0 Å². The summed E-state index contributed by atoms with van der Waals surface area (Å²) in [7, 11) is 1.64. The number of phenols is 1. The van der Waals surface area contributed by atoms with Crippen molar-refractivity contribution in [2.45, 2.75) is 44.9 Å². The Balaban J connectivity index is 1.72. The van der Waals surface area contributed by atoms with Gasteiger partial charge in [0.1, 0.15) is 5.75 Å². The molecule has 0 saturated heterocycles. The van der Waals surface area contributed by atoms with Gasteiger partial charge in [0, 0.05) is 11.6 Å². The monoisotopic (exact) mass is 386 g/mol. The minimum absolute atomic E-state index is 0.184. The van der Waals surface area contributed by atoms with Crippen molar-refractivity contribution in [2.75, 3.05) is 7.11 Å². The van der Waals surface area contributed by atoms with E-state index in [2.05, 4.69) is 17.1 Å². The first-order chi connectivity index (χ1) is 14.2. The highest BCUT2D eigenvalue weighted by atomic mass is 16.5. The third-order valence-electron chi connectivity index (χ3n) is 6.41. The standard InChI is InChI=1S/C25H26N2O2/c1-29-23-15-21(26-25(27-23)20-12-6-7-13-22(20)28)24-18-10-4-2-8-16(18)14-17-9-3-5-11-19(17)24/h2,6-8,12-13,15,17,28H,3-5,9-11,14H2,1H3. The number of para-hydroxylation sites is 1. The molecule has 4 nitrogen and oxygen atoms in total. The number of aromatic hydroxyl groups is 1. The van der Waals surface area contributed by atoms with Crippen LogP contribution in [0.15, 0.2) is 59.2 Å². The Labute approximate surface area is 171 Å². The van der Waals surface area contributed by atoms with Gasteiger partial charge in [0.05, 0.1) is 18.4 Å². The number of allylic oxidation sites excluding steroid dienone is 6. The van der Waals surface area contributed by atoms with Crippen molar-refractivity contribution in [3.8, 4) is 23.0 Å². The van der Waals surface area contributed by atoms with Crippen LogP contribution in [-0.4, -0.2) is 22.2 Å². The molecule has 0 bridgehead atoms. The van der Waals surface area contributed by atoms with Crippen molar-refractivity contribution in [3.05, 3.63) is 64.9 Å². The van der Waals surface area contributed by atoms with Crippen molar-refractivity contribution >= 4 is 5.57 Å². The molecule has 1 saturated carbocycles. The molecule has 1 heterocycles. The topological polar surface area (TPSA) is 55.2 Å². The molecule has 1 atom stereocenters. The zero-order valence-corrected chi connectivity index (χ0v) is 16.8. The molecule has 29 heavy (non-hydrogen) atoms. The van der Waals surface area contributed by atoms with Crippen molar-refractivity contribution in [1.82, 2.24) is 9.97 Å². The smallest absolute Gasteiger partial charge is 0.217 e. The molecule has 148 valence electrons. The van der Waals surface area contributed by atoms with Crippen LogP contribution in [0.2, 0.25) is 0 Å². The maximum absolute atomic E-state index is 10.4. The SMILES string of the molecule is COc1cc(C2=C3CCCCC3CC3=C2CCC=C3)nc(-c2ccccc2O)n1. The molecule has 1 unspecified atom stereocenters. The fraction of sp³-hybridized carbons (Fsp3) is 0.360. The fourth-order valence-corrected chi connectivity index (χ4v) is 5.05. The first-order valence-electron chi connectivity index (χ1n) is 10.6. The summed E-state index contributed by atoms with van der Waals surface area (Å²) < 4.78 is 5.53. The second-order valence-electron chi connectivity index (χ2n) is 8.13. The highest BCUT2D eigenvalue weighted by molar-refractivity contribution is 5.84. The van der Waals surface area contributed by atoms with E-state index in [4.69, 9.17) is 9.72 Å². The first kappa shape index (κ1) is 18.2. The van der Waals surface area contributed by atoms with Crippen LogP contribution in [0.3, 0.4) is 0 Å². The van der Waals surface area contributed by atoms with Gasteiger partial charge in [0.25, 0.3) is 0 Å². The summed E-state index contributed by atoms with van der Waals surface area (Å²) >= 11 is 0. The number of rotatable bonds is 3. The Morgan fingerprint density at radius 2 is 2.00 bits per heavy atom. The van der Waals surface area contributed by atoms with Crippen LogP contribution in [0.4, 0.5) is 0 Å². The molecular formula is C25H26N2O2. The average molecular weight is 386 g/mol. The van der Waals surface area contributed by atoms with E-state index >= 15 is 0 Å². The van der Waals surface area contributed by atoms with E-state index < -0.39 is 0 Å². The molecule has 0 aliphatic heterocycles. The van der Waals surface area contributed by atoms with Crippen LogP contribution < -0.4 is 4.74 Å². The van der Waals surface area contributed by atoms with Gasteiger partial charge in [-0.2, -0.15) is 4.98 Å². The summed E-state index contributed by atoms with van der Waals surface area (Å²) in [4.78, 5) is 9.49. The number of benzene rings is 1. The van der Waals surface area contributed by atoms with Crippen LogP contribution in [-0.2, 0) is 0 Å². The van der Waals surface area contributed by atoms with Crippen LogP contribution in [0, 0.1) is 5.92 Å². The van der Waals surface area contributed by atoms with Gasteiger partial charge >= 0.3 is 0 Å². The molecule has 3 aliphatic carbocycles. The molecule has 0 radical (unpaired) electrons. The quantitative estimate of drug-likeness (QED) is 0.719. The van der Waals surface area contributed by atoms with E-state index in [-0.39, 0.29) is 5.75 Å². The van der Waals surface area contributed by atoms with Gasteiger partial charge in [-0.1, -0.05) is 36.3 Å². The van der Waals surface area contributed by atoms with E-state index in [0.29, 0.717) is 23.2 Å².